The van der Waals surface area contributed by atoms with Crippen LogP contribution in [0, 0.1) is 0 Å². The Balaban J connectivity index is 2.41. The Hall–Kier alpha value is -2.68. The summed E-state index contributed by atoms with van der Waals surface area (Å²) in [7, 11) is 1.57. The van der Waals surface area contributed by atoms with Crippen LogP contribution in [0.25, 0.3) is 6.08 Å². The van der Waals surface area contributed by atoms with Crippen molar-refractivity contribution in [3.63, 3.8) is 0 Å². The van der Waals surface area contributed by atoms with E-state index in [1.54, 1.807) is 43.5 Å². The highest BCUT2D eigenvalue weighted by molar-refractivity contribution is 6.28. The van der Waals surface area contributed by atoms with Crippen LogP contribution in [-0.2, 0) is 4.79 Å². The first-order chi connectivity index (χ1) is 10.1. The molecule has 2 rings (SSSR count). The van der Waals surface area contributed by atoms with Crippen LogP contribution in [-0.4, -0.2) is 18.7 Å². The second kappa shape index (κ2) is 6.66. The van der Waals surface area contributed by atoms with Gasteiger partial charge in [-0.1, -0.05) is 42.5 Å². The lowest BCUT2D eigenvalue weighted by molar-refractivity contribution is -0.113. The number of Topliss-reactive ketones (excluding diaryl/α,β-unsaturated/α-hetero) is 2. The van der Waals surface area contributed by atoms with Crippen molar-refractivity contribution >= 4 is 17.6 Å². The Morgan fingerprint density at radius 3 is 2.33 bits per heavy atom. The molecule has 0 fully saturated rings. The number of benzene rings is 2. The summed E-state index contributed by atoms with van der Waals surface area (Å²) in [6.45, 7) is 1.40. The van der Waals surface area contributed by atoms with E-state index in [1.165, 1.54) is 6.92 Å². The molecule has 2 aromatic carbocycles. The zero-order chi connectivity index (χ0) is 15.2. The quantitative estimate of drug-likeness (QED) is 0.364. The Bertz CT molecular complexity index is 685. The van der Waals surface area contributed by atoms with Crippen LogP contribution in [0.2, 0.25) is 0 Å². The highest BCUT2D eigenvalue weighted by Crippen LogP contribution is 2.18. The number of hydrogen-bond acceptors (Lipinski definition) is 3. The van der Waals surface area contributed by atoms with Gasteiger partial charge in [-0.05, 0) is 30.7 Å². The third-order valence-corrected chi connectivity index (χ3v) is 3.06. The van der Waals surface area contributed by atoms with Crippen molar-refractivity contribution in [3.05, 3.63) is 71.3 Å². The Kier molecular flexibility index (Phi) is 4.67. The molecule has 0 radical (unpaired) electrons. The van der Waals surface area contributed by atoms with Gasteiger partial charge in [-0.25, -0.2) is 0 Å². The lowest BCUT2D eigenvalue weighted by Crippen LogP contribution is -2.10. The first-order valence-corrected chi connectivity index (χ1v) is 6.58. The number of methoxy groups -OCH3 is 1. The van der Waals surface area contributed by atoms with E-state index in [1.807, 2.05) is 24.3 Å². The molecule has 3 nitrogen and oxygen atoms in total. The molecule has 0 aromatic heterocycles. The van der Waals surface area contributed by atoms with Crippen molar-refractivity contribution in [3.8, 4) is 5.75 Å². The van der Waals surface area contributed by atoms with Crippen LogP contribution in [0.3, 0.4) is 0 Å². The molecule has 0 saturated carbocycles. The molecule has 0 N–H and O–H groups in total. The van der Waals surface area contributed by atoms with E-state index >= 15 is 0 Å². The van der Waals surface area contributed by atoms with Crippen LogP contribution in [0.15, 0.2) is 60.2 Å². The summed E-state index contributed by atoms with van der Waals surface area (Å²) in [6.07, 6.45) is 1.60. The normalized spacial score (nSPS) is 11.0. The van der Waals surface area contributed by atoms with Crippen LogP contribution in [0.4, 0.5) is 0 Å². The Labute approximate surface area is 123 Å². The van der Waals surface area contributed by atoms with Gasteiger partial charge in [0.15, 0.2) is 11.6 Å². The van der Waals surface area contributed by atoms with E-state index in [-0.39, 0.29) is 17.1 Å². The highest BCUT2D eigenvalue weighted by atomic mass is 16.5. The zero-order valence-corrected chi connectivity index (χ0v) is 12.0. The predicted molar refractivity (Wildman–Crippen MR) is 82.4 cm³/mol. The average molecular weight is 280 g/mol. The largest absolute Gasteiger partial charge is 0.497 e. The monoisotopic (exact) mass is 280 g/mol. The van der Waals surface area contributed by atoms with Gasteiger partial charge < -0.3 is 4.74 Å². The van der Waals surface area contributed by atoms with Crippen molar-refractivity contribution in [2.45, 2.75) is 6.92 Å². The van der Waals surface area contributed by atoms with Crippen molar-refractivity contribution < 1.29 is 14.3 Å². The molecule has 3 heteroatoms. The smallest absolute Gasteiger partial charge is 0.196 e. The molecular weight excluding hydrogens is 264 g/mol. The SMILES string of the molecule is COc1cccc(/C=C(/C(C)=O)C(=O)c2ccccc2)c1. The first kappa shape index (κ1) is 14.7. The lowest BCUT2D eigenvalue weighted by atomic mass is 9.98. The maximum atomic E-state index is 12.4. The fourth-order valence-corrected chi connectivity index (χ4v) is 1.97. The van der Waals surface area contributed by atoms with Gasteiger partial charge >= 0.3 is 0 Å². The number of allylic oxidation sites excluding steroid dienone is 1. The maximum absolute atomic E-state index is 12.4. The average Bonchev–Trinajstić information content (AvgIpc) is 2.52. The second-order valence-electron chi connectivity index (χ2n) is 4.59. The minimum atomic E-state index is -0.272. The number of ketones is 2. The summed E-state index contributed by atoms with van der Waals surface area (Å²) in [5, 5.41) is 0. The highest BCUT2D eigenvalue weighted by Gasteiger charge is 2.16. The van der Waals surface area contributed by atoms with Crippen molar-refractivity contribution in [2.24, 2.45) is 0 Å². The maximum Gasteiger partial charge on any atom is 0.196 e. The number of hydrogen-bond donors (Lipinski definition) is 0. The third-order valence-electron chi connectivity index (χ3n) is 3.06. The molecule has 106 valence electrons. The molecular formula is C18H16O3. The van der Waals surface area contributed by atoms with E-state index in [0.717, 1.165) is 5.56 Å². The molecule has 0 aliphatic rings. The Morgan fingerprint density at radius 2 is 1.71 bits per heavy atom. The molecule has 0 bridgehead atoms. The van der Waals surface area contributed by atoms with E-state index in [9.17, 15) is 9.59 Å². The van der Waals surface area contributed by atoms with Crippen molar-refractivity contribution in [1.29, 1.82) is 0 Å². The first-order valence-electron chi connectivity index (χ1n) is 6.58. The minimum absolute atomic E-state index is 0.162. The van der Waals surface area contributed by atoms with Crippen molar-refractivity contribution in [2.75, 3.05) is 7.11 Å². The molecule has 0 unspecified atom stereocenters. The molecule has 2 aromatic rings. The van der Waals surface area contributed by atoms with Gasteiger partial charge in [0.25, 0.3) is 0 Å². The van der Waals surface area contributed by atoms with Crippen LogP contribution in [0.1, 0.15) is 22.8 Å². The number of ether oxygens (including phenoxy) is 1. The topological polar surface area (TPSA) is 43.4 Å². The van der Waals surface area contributed by atoms with Crippen molar-refractivity contribution in [1.82, 2.24) is 0 Å². The molecule has 0 saturated heterocycles. The lowest BCUT2D eigenvalue weighted by Gasteiger charge is -2.05. The number of carbonyl (C=O) groups excluding carboxylic acids is 2. The van der Waals surface area contributed by atoms with E-state index in [0.29, 0.717) is 11.3 Å². The molecule has 0 atom stereocenters. The fourth-order valence-electron chi connectivity index (χ4n) is 1.97. The summed E-state index contributed by atoms with van der Waals surface area (Å²) >= 11 is 0. The van der Waals surface area contributed by atoms with E-state index < -0.39 is 0 Å². The molecule has 0 spiro atoms. The number of rotatable bonds is 5. The van der Waals surface area contributed by atoms with Gasteiger partial charge in [-0.2, -0.15) is 0 Å². The molecule has 0 amide bonds. The fraction of sp³-hybridized carbons (Fsp3) is 0.111. The Morgan fingerprint density at radius 1 is 1.00 bits per heavy atom. The molecule has 21 heavy (non-hydrogen) atoms. The van der Waals surface area contributed by atoms with Gasteiger partial charge in [0.05, 0.1) is 12.7 Å². The summed E-state index contributed by atoms with van der Waals surface area (Å²) in [5.41, 5.74) is 1.42. The summed E-state index contributed by atoms with van der Waals surface area (Å²) < 4.78 is 5.14. The zero-order valence-electron chi connectivity index (χ0n) is 12.0. The third kappa shape index (κ3) is 3.66. The molecule has 0 aliphatic carbocycles. The molecule has 0 heterocycles. The predicted octanol–water partition coefficient (Wildman–Crippen LogP) is 3.55. The van der Waals surface area contributed by atoms with Crippen LogP contribution >= 0.6 is 0 Å². The number of carbonyl (C=O) groups is 2. The van der Waals surface area contributed by atoms with Crippen LogP contribution < -0.4 is 4.74 Å². The van der Waals surface area contributed by atoms with Crippen LogP contribution in [0.5, 0.6) is 5.75 Å². The minimum Gasteiger partial charge on any atom is -0.497 e. The summed E-state index contributed by atoms with van der Waals surface area (Å²) in [6, 6.07) is 16.0. The standard InChI is InChI=1S/C18H16O3/c1-13(19)17(18(20)15-8-4-3-5-9-15)12-14-7-6-10-16(11-14)21-2/h3-12H,1-2H3/b17-12-. The van der Waals surface area contributed by atoms with Gasteiger partial charge in [0.2, 0.25) is 0 Å². The van der Waals surface area contributed by atoms with Gasteiger partial charge in [0, 0.05) is 5.56 Å². The summed E-state index contributed by atoms with van der Waals surface area (Å²) in [4.78, 5) is 24.2. The van der Waals surface area contributed by atoms with Gasteiger partial charge in [-0.15, -0.1) is 0 Å². The second-order valence-corrected chi connectivity index (χ2v) is 4.59. The van der Waals surface area contributed by atoms with E-state index in [2.05, 4.69) is 0 Å². The van der Waals surface area contributed by atoms with Gasteiger partial charge in [-0.3, -0.25) is 9.59 Å². The molecule has 0 aliphatic heterocycles. The van der Waals surface area contributed by atoms with E-state index in [4.69, 9.17) is 4.74 Å². The summed E-state index contributed by atoms with van der Waals surface area (Å²) in [5.74, 6) is 0.149. The van der Waals surface area contributed by atoms with Gasteiger partial charge in [0.1, 0.15) is 5.75 Å².